The summed E-state index contributed by atoms with van der Waals surface area (Å²) in [6.45, 7) is 1.71. The first-order valence-corrected chi connectivity index (χ1v) is 9.29. The molecule has 28 heavy (non-hydrogen) atoms. The van der Waals surface area contributed by atoms with E-state index in [1.54, 1.807) is 72.8 Å². The molecule has 0 bridgehead atoms. The first-order valence-electron chi connectivity index (χ1n) is 8.91. The van der Waals surface area contributed by atoms with Gasteiger partial charge in [0.15, 0.2) is 11.5 Å². The van der Waals surface area contributed by atoms with Gasteiger partial charge in [-0.2, -0.15) is 0 Å². The van der Waals surface area contributed by atoms with Crippen molar-refractivity contribution in [3.63, 3.8) is 0 Å². The average molecular weight is 392 g/mol. The second-order valence-electron chi connectivity index (χ2n) is 6.87. The van der Waals surface area contributed by atoms with Gasteiger partial charge in [-0.25, -0.2) is 0 Å². The fraction of sp³-hybridized carbons (Fsp3) is 0.130. The van der Waals surface area contributed by atoms with E-state index >= 15 is 0 Å². The number of halogens is 1. The van der Waals surface area contributed by atoms with Crippen LogP contribution < -0.4 is 0 Å². The summed E-state index contributed by atoms with van der Waals surface area (Å²) in [5, 5.41) is 12.3. The van der Waals surface area contributed by atoms with E-state index in [1.165, 1.54) is 11.8 Å². The summed E-state index contributed by atoms with van der Waals surface area (Å²) in [5.74, 6) is -0.266. The zero-order chi connectivity index (χ0) is 19.9. The Morgan fingerprint density at radius 1 is 1.00 bits per heavy atom. The molecule has 140 valence electrons. The minimum atomic E-state index is -1.60. The van der Waals surface area contributed by atoms with Crippen molar-refractivity contribution in [1.82, 2.24) is 4.90 Å². The van der Waals surface area contributed by atoms with Gasteiger partial charge in [0.1, 0.15) is 0 Å². The van der Waals surface area contributed by atoms with Crippen molar-refractivity contribution in [2.24, 2.45) is 0 Å². The molecule has 1 aliphatic rings. The zero-order valence-electron chi connectivity index (χ0n) is 15.2. The van der Waals surface area contributed by atoms with E-state index < -0.39 is 5.72 Å². The van der Waals surface area contributed by atoms with Crippen LogP contribution >= 0.6 is 11.6 Å². The lowest BCUT2D eigenvalue weighted by molar-refractivity contribution is -0.0542. The van der Waals surface area contributed by atoms with Crippen molar-refractivity contribution in [2.75, 3.05) is 0 Å². The number of Topliss-reactive ketones (excluding diaryl/α,β-unsaturated/α-hetero) is 1. The molecule has 1 aliphatic heterocycles. The van der Waals surface area contributed by atoms with E-state index in [9.17, 15) is 14.7 Å². The number of fused-ring (bicyclic) bond motifs is 1. The molecule has 0 radical (unpaired) electrons. The van der Waals surface area contributed by atoms with Gasteiger partial charge in [0, 0.05) is 33.8 Å². The minimum Gasteiger partial charge on any atom is -0.363 e. The number of carbonyl (C=O) groups excluding carboxylic acids is 2. The number of nitrogens with zero attached hydrogens (tertiary/aromatic N) is 1. The number of hydrogen-bond donors (Lipinski definition) is 1. The number of ketones is 1. The average Bonchev–Trinajstić information content (AvgIpc) is 2.92. The Kier molecular flexibility index (Phi) is 4.53. The van der Waals surface area contributed by atoms with Crippen LogP contribution in [0.15, 0.2) is 72.8 Å². The lowest BCUT2D eigenvalue weighted by atomic mass is 9.93. The van der Waals surface area contributed by atoms with E-state index in [2.05, 4.69) is 0 Å². The Bertz CT molecular complexity index is 1060. The normalized spacial score (nSPS) is 18.2. The maximum absolute atomic E-state index is 13.1. The van der Waals surface area contributed by atoms with Crippen LogP contribution in [0.1, 0.15) is 44.3 Å². The smallest absolute Gasteiger partial charge is 0.257 e. The van der Waals surface area contributed by atoms with E-state index in [0.29, 0.717) is 27.3 Å². The van der Waals surface area contributed by atoms with Gasteiger partial charge < -0.3 is 5.11 Å². The fourth-order valence-electron chi connectivity index (χ4n) is 3.62. The molecule has 0 fully saturated rings. The second kappa shape index (κ2) is 6.89. The number of rotatable bonds is 4. The standard InChI is InChI=1S/C23H18ClNO3/c1-15(26)17-8-6-16(7-9-17)14-25-22(27)20-4-2-3-5-21(20)23(25,28)18-10-12-19(24)13-11-18/h2-13,28H,14H2,1H3. The highest BCUT2D eigenvalue weighted by atomic mass is 35.5. The first kappa shape index (κ1) is 18.4. The van der Waals surface area contributed by atoms with Crippen molar-refractivity contribution >= 4 is 23.3 Å². The van der Waals surface area contributed by atoms with E-state index in [4.69, 9.17) is 11.6 Å². The molecule has 1 atom stereocenters. The van der Waals surface area contributed by atoms with Crippen molar-refractivity contribution in [1.29, 1.82) is 0 Å². The Morgan fingerprint density at radius 2 is 1.64 bits per heavy atom. The third kappa shape index (κ3) is 2.91. The number of hydrogen-bond acceptors (Lipinski definition) is 3. The third-order valence-electron chi connectivity index (χ3n) is 5.12. The predicted octanol–water partition coefficient (Wildman–Crippen LogP) is 4.39. The van der Waals surface area contributed by atoms with Gasteiger partial charge in [0.05, 0.1) is 0 Å². The number of carbonyl (C=O) groups is 2. The lowest BCUT2D eigenvalue weighted by Gasteiger charge is -2.35. The SMILES string of the molecule is CC(=O)c1ccc(CN2C(=O)c3ccccc3C2(O)c2ccc(Cl)cc2)cc1. The third-order valence-corrected chi connectivity index (χ3v) is 5.37. The van der Waals surface area contributed by atoms with Crippen molar-refractivity contribution in [2.45, 2.75) is 19.2 Å². The summed E-state index contributed by atoms with van der Waals surface area (Å²) in [5.41, 5.74) is 1.40. The van der Waals surface area contributed by atoms with Gasteiger partial charge in [-0.1, -0.05) is 66.2 Å². The molecule has 4 rings (SSSR count). The molecule has 0 saturated carbocycles. The Hall–Kier alpha value is -2.95. The lowest BCUT2D eigenvalue weighted by Crippen LogP contribution is -2.44. The molecule has 3 aromatic rings. The monoisotopic (exact) mass is 391 g/mol. The largest absolute Gasteiger partial charge is 0.363 e. The molecule has 3 aromatic carbocycles. The highest BCUT2D eigenvalue weighted by Crippen LogP contribution is 2.43. The molecular weight excluding hydrogens is 374 g/mol. The van der Waals surface area contributed by atoms with Crippen LogP contribution in [0.4, 0.5) is 0 Å². The summed E-state index contributed by atoms with van der Waals surface area (Å²) in [7, 11) is 0. The van der Waals surface area contributed by atoms with Crippen molar-refractivity contribution < 1.29 is 14.7 Å². The van der Waals surface area contributed by atoms with E-state index in [1.807, 2.05) is 0 Å². The second-order valence-corrected chi connectivity index (χ2v) is 7.31. The Labute approximate surface area is 168 Å². The molecule has 0 aliphatic carbocycles. The molecule has 0 spiro atoms. The summed E-state index contributed by atoms with van der Waals surface area (Å²) in [4.78, 5) is 26.1. The van der Waals surface area contributed by atoms with Gasteiger partial charge in [-0.05, 0) is 30.7 Å². The maximum Gasteiger partial charge on any atom is 0.257 e. The number of benzene rings is 3. The van der Waals surface area contributed by atoms with Gasteiger partial charge in [0.2, 0.25) is 0 Å². The van der Waals surface area contributed by atoms with E-state index in [0.717, 1.165) is 5.56 Å². The van der Waals surface area contributed by atoms with Crippen molar-refractivity contribution in [3.8, 4) is 0 Å². The number of amides is 1. The quantitative estimate of drug-likeness (QED) is 0.671. The molecule has 1 amide bonds. The first-order chi connectivity index (χ1) is 13.4. The molecular formula is C23H18ClNO3. The predicted molar refractivity (Wildman–Crippen MR) is 107 cm³/mol. The van der Waals surface area contributed by atoms with Crippen LogP contribution in [-0.4, -0.2) is 21.7 Å². The molecule has 0 aromatic heterocycles. The molecule has 1 N–H and O–H groups in total. The van der Waals surface area contributed by atoms with Gasteiger partial charge in [-0.3, -0.25) is 14.5 Å². The zero-order valence-corrected chi connectivity index (χ0v) is 16.0. The topological polar surface area (TPSA) is 57.6 Å². The molecule has 1 unspecified atom stereocenters. The van der Waals surface area contributed by atoms with E-state index in [-0.39, 0.29) is 18.2 Å². The Morgan fingerprint density at radius 3 is 2.29 bits per heavy atom. The number of aliphatic hydroxyl groups is 1. The van der Waals surface area contributed by atoms with Gasteiger partial charge >= 0.3 is 0 Å². The summed E-state index contributed by atoms with van der Waals surface area (Å²) >= 11 is 6.01. The highest BCUT2D eigenvalue weighted by Gasteiger charge is 2.49. The molecule has 0 saturated heterocycles. The van der Waals surface area contributed by atoms with Crippen LogP contribution in [0.2, 0.25) is 5.02 Å². The maximum atomic E-state index is 13.1. The highest BCUT2D eigenvalue weighted by molar-refractivity contribution is 6.30. The van der Waals surface area contributed by atoms with Crippen LogP contribution in [-0.2, 0) is 12.3 Å². The summed E-state index contributed by atoms with van der Waals surface area (Å²) in [6, 6.07) is 21.0. The minimum absolute atomic E-state index is 0.0196. The van der Waals surface area contributed by atoms with Crippen LogP contribution in [0.5, 0.6) is 0 Å². The summed E-state index contributed by atoms with van der Waals surface area (Å²) < 4.78 is 0. The molecule has 4 nitrogen and oxygen atoms in total. The summed E-state index contributed by atoms with van der Waals surface area (Å²) in [6.07, 6.45) is 0. The molecule has 1 heterocycles. The van der Waals surface area contributed by atoms with Crippen LogP contribution in [0.25, 0.3) is 0 Å². The molecule has 5 heteroatoms. The Balaban J connectivity index is 1.79. The van der Waals surface area contributed by atoms with Crippen molar-refractivity contribution in [3.05, 3.63) is 106 Å². The van der Waals surface area contributed by atoms with Crippen LogP contribution in [0.3, 0.4) is 0 Å². The fourth-order valence-corrected chi connectivity index (χ4v) is 3.74. The van der Waals surface area contributed by atoms with Crippen LogP contribution in [0, 0.1) is 0 Å². The van der Waals surface area contributed by atoms with Gasteiger partial charge in [0.25, 0.3) is 5.91 Å². The van der Waals surface area contributed by atoms with Gasteiger partial charge in [-0.15, -0.1) is 0 Å².